The topological polar surface area (TPSA) is 93.5 Å². The second kappa shape index (κ2) is 10.2. The Kier molecular flexibility index (Phi) is 7.07. The quantitative estimate of drug-likeness (QED) is 0.583. The number of hydrogen-bond donors (Lipinski definition) is 1. The molecule has 8 nitrogen and oxygen atoms in total. The zero-order valence-electron chi connectivity index (χ0n) is 19.8. The van der Waals surface area contributed by atoms with Crippen molar-refractivity contribution in [3.8, 4) is 0 Å². The van der Waals surface area contributed by atoms with E-state index in [2.05, 4.69) is 10.3 Å². The second-order valence-corrected chi connectivity index (χ2v) is 8.77. The molecule has 3 aromatic rings. The summed E-state index contributed by atoms with van der Waals surface area (Å²) >= 11 is 0. The average molecular weight is 463 g/mol. The standard InChI is InChI=1S/C26H30N4O4/c1-17-8-6-12-22(18(17)2)28-24(31)15-29(14-20-9-7-13-34-20)25(32)16-30-19(3)27-23-11-5-4-10-21(23)26(30)33/h4-6,8,10-12,20H,7,9,13-16H2,1-3H3,(H,28,31). The molecule has 8 heteroatoms. The van der Waals surface area contributed by atoms with E-state index in [9.17, 15) is 14.4 Å². The van der Waals surface area contributed by atoms with Gasteiger partial charge in [0.1, 0.15) is 18.9 Å². The molecule has 0 radical (unpaired) electrons. The smallest absolute Gasteiger partial charge is 0.261 e. The highest BCUT2D eigenvalue weighted by Crippen LogP contribution is 2.18. The maximum Gasteiger partial charge on any atom is 0.261 e. The lowest BCUT2D eigenvalue weighted by Crippen LogP contribution is -2.45. The molecule has 1 N–H and O–H groups in total. The zero-order chi connectivity index (χ0) is 24.2. The molecule has 2 amide bonds. The third kappa shape index (κ3) is 5.17. The number of nitrogens with one attached hydrogen (secondary N) is 1. The summed E-state index contributed by atoms with van der Waals surface area (Å²) in [6.45, 7) is 6.27. The number of carbonyl (C=O) groups excluding carboxylic acids is 2. The Morgan fingerprint density at radius 3 is 2.71 bits per heavy atom. The number of carbonyl (C=O) groups is 2. The molecule has 2 heterocycles. The number of fused-ring (bicyclic) bond motifs is 1. The first-order valence-electron chi connectivity index (χ1n) is 11.5. The summed E-state index contributed by atoms with van der Waals surface area (Å²) < 4.78 is 7.09. The number of amides is 2. The van der Waals surface area contributed by atoms with Gasteiger partial charge in [0.25, 0.3) is 5.56 Å². The third-order valence-corrected chi connectivity index (χ3v) is 6.36. The van der Waals surface area contributed by atoms with Crippen LogP contribution >= 0.6 is 0 Å². The van der Waals surface area contributed by atoms with Crippen molar-refractivity contribution in [3.63, 3.8) is 0 Å². The fourth-order valence-electron chi connectivity index (χ4n) is 4.24. The van der Waals surface area contributed by atoms with Crippen LogP contribution in [0.4, 0.5) is 5.69 Å². The lowest BCUT2D eigenvalue weighted by atomic mass is 10.1. The van der Waals surface area contributed by atoms with Crippen LogP contribution in [0.25, 0.3) is 10.9 Å². The van der Waals surface area contributed by atoms with Crippen molar-refractivity contribution >= 4 is 28.4 Å². The molecule has 1 fully saturated rings. The molecule has 0 saturated carbocycles. The van der Waals surface area contributed by atoms with Crippen LogP contribution in [0.15, 0.2) is 47.3 Å². The summed E-state index contributed by atoms with van der Waals surface area (Å²) in [5.41, 5.74) is 3.10. The molecular weight excluding hydrogens is 432 g/mol. The van der Waals surface area contributed by atoms with Gasteiger partial charge in [0.2, 0.25) is 11.8 Å². The Balaban J connectivity index is 1.55. The van der Waals surface area contributed by atoms with Crippen LogP contribution in [0.1, 0.15) is 29.8 Å². The number of para-hydroxylation sites is 1. The highest BCUT2D eigenvalue weighted by atomic mass is 16.5. The minimum atomic E-state index is -0.325. The van der Waals surface area contributed by atoms with Gasteiger partial charge >= 0.3 is 0 Å². The molecular formula is C26H30N4O4. The van der Waals surface area contributed by atoms with Gasteiger partial charge in [-0.05, 0) is 62.9 Å². The molecule has 0 bridgehead atoms. The molecule has 34 heavy (non-hydrogen) atoms. The van der Waals surface area contributed by atoms with Gasteiger partial charge in [0.15, 0.2) is 0 Å². The Morgan fingerprint density at radius 2 is 1.94 bits per heavy atom. The van der Waals surface area contributed by atoms with E-state index in [4.69, 9.17) is 4.74 Å². The normalized spacial score (nSPS) is 15.4. The highest BCUT2D eigenvalue weighted by molar-refractivity contribution is 5.95. The molecule has 0 spiro atoms. The van der Waals surface area contributed by atoms with E-state index in [0.717, 1.165) is 29.7 Å². The summed E-state index contributed by atoms with van der Waals surface area (Å²) in [4.78, 5) is 45.2. The summed E-state index contributed by atoms with van der Waals surface area (Å²) in [5.74, 6) is -0.163. The Bertz CT molecular complexity index is 1280. The number of aromatic nitrogens is 2. The van der Waals surface area contributed by atoms with Crippen molar-refractivity contribution in [1.29, 1.82) is 0 Å². The van der Waals surface area contributed by atoms with Gasteiger partial charge in [-0.25, -0.2) is 4.98 Å². The number of nitrogens with zero attached hydrogens (tertiary/aromatic N) is 3. The number of hydrogen-bond acceptors (Lipinski definition) is 5. The Labute approximate surface area is 198 Å². The van der Waals surface area contributed by atoms with E-state index in [1.807, 2.05) is 38.1 Å². The molecule has 0 aliphatic carbocycles. The molecule has 2 aromatic carbocycles. The highest BCUT2D eigenvalue weighted by Gasteiger charge is 2.25. The minimum Gasteiger partial charge on any atom is -0.376 e. The van der Waals surface area contributed by atoms with Crippen LogP contribution in [-0.4, -0.2) is 52.1 Å². The maximum absolute atomic E-state index is 13.4. The largest absolute Gasteiger partial charge is 0.376 e. The van der Waals surface area contributed by atoms with Crippen molar-refractivity contribution in [2.24, 2.45) is 0 Å². The maximum atomic E-state index is 13.4. The monoisotopic (exact) mass is 462 g/mol. The fraction of sp³-hybridized carbons (Fsp3) is 0.385. The SMILES string of the molecule is Cc1cccc(NC(=O)CN(CC2CCCO2)C(=O)Cn2c(C)nc3ccccc3c2=O)c1C. The van der Waals surface area contributed by atoms with Crippen LogP contribution in [-0.2, 0) is 20.9 Å². The van der Waals surface area contributed by atoms with Crippen LogP contribution in [0.5, 0.6) is 0 Å². The van der Waals surface area contributed by atoms with Crippen LogP contribution < -0.4 is 10.9 Å². The van der Waals surface area contributed by atoms with Gasteiger partial charge in [0, 0.05) is 18.8 Å². The van der Waals surface area contributed by atoms with E-state index in [0.29, 0.717) is 29.9 Å². The second-order valence-electron chi connectivity index (χ2n) is 8.77. The number of ether oxygens (including phenoxy) is 1. The summed E-state index contributed by atoms with van der Waals surface area (Å²) in [5, 5.41) is 3.38. The molecule has 178 valence electrons. The van der Waals surface area contributed by atoms with E-state index >= 15 is 0 Å². The van der Waals surface area contributed by atoms with Gasteiger partial charge in [-0.15, -0.1) is 0 Å². The minimum absolute atomic E-state index is 0.120. The Morgan fingerprint density at radius 1 is 1.15 bits per heavy atom. The van der Waals surface area contributed by atoms with Crippen LogP contribution in [0.3, 0.4) is 0 Å². The summed E-state index contributed by atoms with van der Waals surface area (Å²) in [6.07, 6.45) is 1.64. The van der Waals surface area contributed by atoms with Crippen molar-refractivity contribution in [1.82, 2.24) is 14.5 Å². The average Bonchev–Trinajstić information content (AvgIpc) is 3.32. The van der Waals surface area contributed by atoms with E-state index < -0.39 is 0 Å². The van der Waals surface area contributed by atoms with Crippen molar-refractivity contribution in [2.45, 2.75) is 46.3 Å². The van der Waals surface area contributed by atoms with Gasteiger partial charge in [-0.3, -0.25) is 19.0 Å². The van der Waals surface area contributed by atoms with Crippen molar-refractivity contribution in [2.75, 3.05) is 25.0 Å². The predicted octanol–water partition coefficient (Wildman–Crippen LogP) is 2.97. The number of aryl methyl sites for hydroxylation is 2. The summed E-state index contributed by atoms with van der Waals surface area (Å²) in [7, 11) is 0. The zero-order valence-corrected chi connectivity index (χ0v) is 19.8. The van der Waals surface area contributed by atoms with E-state index in [1.165, 1.54) is 9.47 Å². The van der Waals surface area contributed by atoms with Crippen molar-refractivity contribution in [3.05, 3.63) is 69.8 Å². The van der Waals surface area contributed by atoms with E-state index in [1.54, 1.807) is 25.1 Å². The van der Waals surface area contributed by atoms with Gasteiger partial charge in [-0.1, -0.05) is 24.3 Å². The molecule has 1 unspecified atom stereocenters. The van der Waals surface area contributed by atoms with E-state index in [-0.39, 0.29) is 36.6 Å². The molecule has 1 aliphatic heterocycles. The molecule has 4 rings (SSSR count). The molecule has 1 aliphatic rings. The molecule has 1 aromatic heterocycles. The van der Waals surface area contributed by atoms with Crippen molar-refractivity contribution < 1.29 is 14.3 Å². The molecule has 1 saturated heterocycles. The first kappa shape index (κ1) is 23.6. The predicted molar refractivity (Wildman–Crippen MR) is 131 cm³/mol. The van der Waals surface area contributed by atoms with Crippen LogP contribution in [0, 0.1) is 20.8 Å². The third-order valence-electron chi connectivity index (χ3n) is 6.36. The molecule has 1 atom stereocenters. The Hall–Kier alpha value is -3.52. The van der Waals surface area contributed by atoms with Gasteiger partial charge in [-0.2, -0.15) is 0 Å². The number of anilines is 1. The first-order valence-corrected chi connectivity index (χ1v) is 11.5. The van der Waals surface area contributed by atoms with Crippen LogP contribution in [0.2, 0.25) is 0 Å². The lowest BCUT2D eigenvalue weighted by Gasteiger charge is -2.26. The lowest BCUT2D eigenvalue weighted by molar-refractivity contribution is -0.136. The number of benzene rings is 2. The summed E-state index contributed by atoms with van der Waals surface area (Å²) in [6, 6.07) is 12.8. The first-order chi connectivity index (χ1) is 16.3. The fourth-order valence-corrected chi connectivity index (χ4v) is 4.24. The van der Waals surface area contributed by atoms with Gasteiger partial charge in [0.05, 0.1) is 17.0 Å². The van der Waals surface area contributed by atoms with Gasteiger partial charge < -0.3 is 15.0 Å². The number of rotatable bonds is 7.